The Bertz CT molecular complexity index is 883. The summed E-state index contributed by atoms with van der Waals surface area (Å²) in [5.74, 6) is -0.0628. The quantitative estimate of drug-likeness (QED) is 0.704. The van der Waals surface area contributed by atoms with Gasteiger partial charge in [-0.3, -0.25) is 9.48 Å². The van der Waals surface area contributed by atoms with Gasteiger partial charge in [0, 0.05) is 42.6 Å². The number of aromatic nitrogens is 4. The molecule has 0 aliphatic carbocycles. The normalized spacial score (nSPS) is 11.1. The van der Waals surface area contributed by atoms with Crippen LogP contribution in [0.1, 0.15) is 29.8 Å². The molecule has 0 N–H and O–H groups in total. The van der Waals surface area contributed by atoms with Crippen LogP contribution in [0.4, 0.5) is 0 Å². The van der Waals surface area contributed by atoms with Gasteiger partial charge < -0.3 is 4.90 Å². The Morgan fingerprint density at radius 2 is 2.04 bits per heavy atom. The van der Waals surface area contributed by atoms with Crippen molar-refractivity contribution in [3.8, 4) is 5.69 Å². The van der Waals surface area contributed by atoms with Gasteiger partial charge in [0.05, 0.1) is 23.6 Å². The summed E-state index contributed by atoms with van der Waals surface area (Å²) in [5.41, 5.74) is 2.35. The monoisotopic (exact) mass is 357 g/mol. The van der Waals surface area contributed by atoms with Crippen LogP contribution in [0, 0.1) is 0 Å². The SMILES string of the molecule is CC(C)N(Cc1cnn(C)c1)C(=O)c1cnn(-c2cccc(Cl)c2)c1. The largest absolute Gasteiger partial charge is 0.332 e. The van der Waals surface area contributed by atoms with Crippen LogP contribution in [0.3, 0.4) is 0 Å². The highest BCUT2D eigenvalue weighted by Crippen LogP contribution is 2.17. The third-order valence-electron chi connectivity index (χ3n) is 3.90. The van der Waals surface area contributed by atoms with Crippen LogP contribution in [0.25, 0.3) is 5.69 Å². The van der Waals surface area contributed by atoms with Gasteiger partial charge in [-0.25, -0.2) is 4.68 Å². The number of hydrogen-bond donors (Lipinski definition) is 0. The Hall–Kier alpha value is -2.60. The molecule has 0 saturated heterocycles. The fraction of sp³-hybridized carbons (Fsp3) is 0.278. The highest BCUT2D eigenvalue weighted by Gasteiger charge is 2.21. The minimum atomic E-state index is -0.0628. The van der Waals surface area contributed by atoms with Crippen LogP contribution in [0.2, 0.25) is 5.02 Å². The van der Waals surface area contributed by atoms with Gasteiger partial charge in [-0.15, -0.1) is 0 Å². The van der Waals surface area contributed by atoms with Gasteiger partial charge in [0.25, 0.3) is 5.91 Å². The molecule has 3 rings (SSSR count). The van der Waals surface area contributed by atoms with E-state index in [0.29, 0.717) is 17.1 Å². The van der Waals surface area contributed by atoms with Crippen molar-refractivity contribution in [3.63, 3.8) is 0 Å². The maximum absolute atomic E-state index is 12.9. The van der Waals surface area contributed by atoms with Crippen LogP contribution in [-0.4, -0.2) is 36.4 Å². The Balaban J connectivity index is 1.83. The smallest absolute Gasteiger partial charge is 0.257 e. The van der Waals surface area contributed by atoms with Gasteiger partial charge in [0.2, 0.25) is 0 Å². The van der Waals surface area contributed by atoms with Crippen molar-refractivity contribution in [2.24, 2.45) is 7.05 Å². The maximum Gasteiger partial charge on any atom is 0.257 e. The van der Waals surface area contributed by atoms with E-state index in [2.05, 4.69) is 10.2 Å². The molecule has 0 saturated carbocycles. The van der Waals surface area contributed by atoms with Gasteiger partial charge in [0.1, 0.15) is 0 Å². The maximum atomic E-state index is 12.9. The molecule has 1 amide bonds. The molecule has 1 aromatic carbocycles. The van der Waals surface area contributed by atoms with E-state index in [1.54, 1.807) is 45.0 Å². The fourth-order valence-electron chi connectivity index (χ4n) is 2.60. The molecule has 130 valence electrons. The number of carbonyl (C=O) groups is 1. The second-order valence-corrected chi connectivity index (χ2v) is 6.64. The summed E-state index contributed by atoms with van der Waals surface area (Å²) < 4.78 is 3.39. The molecule has 0 spiro atoms. The summed E-state index contributed by atoms with van der Waals surface area (Å²) in [4.78, 5) is 14.7. The predicted molar refractivity (Wildman–Crippen MR) is 96.8 cm³/mol. The van der Waals surface area contributed by atoms with E-state index in [1.165, 1.54) is 0 Å². The first-order chi connectivity index (χ1) is 11.9. The predicted octanol–water partition coefficient (Wildman–Crippen LogP) is 3.31. The van der Waals surface area contributed by atoms with E-state index in [4.69, 9.17) is 11.6 Å². The van der Waals surface area contributed by atoms with Crippen LogP contribution < -0.4 is 0 Å². The molecule has 0 fully saturated rings. The third kappa shape index (κ3) is 3.91. The number of aryl methyl sites for hydroxylation is 1. The summed E-state index contributed by atoms with van der Waals surface area (Å²) in [5, 5.41) is 9.08. The Morgan fingerprint density at radius 3 is 2.68 bits per heavy atom. The standard InChI is InChI=1S/C18H20ClN5O/c1-13(2)23(11-14-8-20-22(3)10-14)18(25)15-9-21-24(12-15)17-6-4-5-16(19)7-17/h4-10,12-13H,11H2,1-3H3. The first-order valence-electron chi connectivity index (χ1n) is 8.03. The fourth-order valence-corrected chi connectivity index (χ4v) is 2.78. The third-order valence-corrected chi connectivity index (χ3v) is 4.13. The Morgan fingerprint density at radius 1 is 1.24 bits per heavy atom. The number of amides is 1. The minimum Gasteiger partial charge on any atom is -0.332 e. The van der Waals surface area contributed by atoms with E-state index < -0.39 is 0 Å². The Labute approximate surface area is 151 Å². The molecule has 0 unspecified atom stereocenters. The molecule has 0 radical (unpaired) electrons. The second-order valence-electron chi connectivity index (χ2n) is 6.20. The molecule has 0 bridgehead atoms. The molecular weight excluding hydrogens is 338 g/mol. The molecule has 2 aromatic heterocycles. The number of hydrogen-bond acceptors (Lipinski definition) is 3. The summed E-state index contributed by atoms with van der Waals surface area (Å²) in [6, 6.07) is 7.41. The molecule has 0 aliphatic rings. The highest BCUT2D eigenvalue weighted by atomic mass is 35.5. The summed E-state index contributed by atoms with van der Waals surface area (Å²) in [6.45, 7) is 4.50. The van der Waals surface area contributed by atoms with Gasteiger partial charge in [-0.1, -0.05) is 17.7 Å². The van der Waals surface area contributed by atoms with Crippen LogP contribution in [0.15, 0.2) is 49.1 Å². The zero-order valence-electron chi connectivity index (χ0n) is 14.4. The summed E-state index contributed by atoms with van der Waals surface area (Å²) >= 11 is 6.02. The molecule has 0 atom stereocenters. The first-order valence-corrected chi connectivity index (χ1v) is 8.41. The number of rotatable bonds is 5. The van der Waals surface area contributed by atoms with E-state index in [-0.39, 0.29) is 11.9 Å². The van der Waals surface area contributed by atoms with E-state index in [0.717, 1.165) is 11.3 Å². The van der Waals surface area contributed by atoms with Gasteiger partial charge in [-0.05, 0) is 32.0 Å². The Kier molecular flexibility index (Phi) is 4.90. The van der Waals surface area contributed by atoms with Gasteiger partial charge >= 0.3 is 0 Å². The number of benzene rings is 1. The average Bonchev–Trinajstić information content (AvgIpc) is 3.21. The lowest BCUT2D eigenvalue weighted by Gasteiger charge is -2.25. The minimum absolute atomic E-state index is 0.0576. The van der Waals surface area contributed by atoms with Crippen molar-refractivity contribution in [3.05, 3.63) is 65.2 Å². The van der Waals surface area contributed by atoms with Crippen LogP contribution >= 0.6 is 11.6 Å². The molecule has 0 aliphatic heterocycles. The second kappa shape index (κ2) is 7.11. The van der Waals surface area contributed by atoms with Gasteiger partial charge in [0.15, 0.2) is 0 Å². The van der Waals surface area contributed by atoms with E-state index in [9.17, 15) is 4.79 Å². The topological polar surface area (TPSA) is 56.0 Å². The number of halogens is 1. The van der Waals surface area contributed by atoms with E-state index in [1.807, 2.05) is 39.2 Å². The molecule has 7 heteroatoms. The lowest BCUT2D eigenvalue weighted by atomic mass is 10.2. The summed E-state index contributed by atoms with van der Waals surface area (Å²) in [7, 11) is 1.86. The van der Waals surface area contributed by atoms with Crippen molar-refractivity contribution >= 4 is 17.5 Å². The lowest BCUT2D eigenvalue weighted by Crippen LogP contribution is -2.36. The molecule has 6 nitrogen and oxygen atoms in total. The van der Waals surface area contributed by atoms with Crippen molar-refractivity contribution in [2.75, 3.05) is 0 Å². The van der Waals surface area contributed by atoms with Crippen molar-refractivity contribution in [2.45, 2.75) is 26.4 Å². The van der Waals surface area contributed by atoms with Crippen molar-refractivity contribution < 1.29 is 4.79 Å². The average molecular weight is 358 g/mol. The first kappa shape index (κ1) is 17.2. The number of carbonyl (C=O) groups excluding carboxylic acids is 1. The van der Waals surface area contributed by atoms with Gasteiger partial charge in [-0.2, -0.15) is 10.2 Å². The molecule has 3 aromatic rings. The van der Waals surface area contributed by atoms with Crippen molar-refractivity contribution in [1.29, 1.82) is 0 Å². The lowest BCUT2D eigenvalue weighted by molar-refractivity contribution is 0.0690. The van der Waals surface area contributed by atoms with Crippen molar-refractivity contribution in [1.82, 2.24) is 24.5 Å². The highest BCUT2D eigenvalue weighted by molar-refractivity contribution is 6.30. The zero-order chi connectivity index (χ0) is 18.0. The molecule has 25 heavy (non-hydrogen) atoms. The number of nitrogens with zero attached hydrogens (tertiary/aromatic N) is 5. The zero-order valence-corrected chi connectivity index (χ0v) is 15.2. The summed E-state index contributed by atoms with van der Waals surface area (Å²) in [6.07, 6.45) is 7.00. The van der Waals surface area contributed by atoms with Crippen LogP contribution in [0.5, 0.6) is 0 Å². The van der Waals surface area contributed by atoms with Crippen LogP contribution in [-0.2, 0) is 13.6 Å². The molecule has 2 heterocycles. The van der Waals surface area contributed by atoms with E-state index >= 15 is 0 Å². The molecular formula is C18H20ClN5O.